The van der Waals surface area contributed by atoms with E-state index in [0.29, 0.717) is 6.20 Å². The molecular formula is C9H8F3NO2. The van der Waals surface area contributed by atoms with E-state index >= 15 is 0 Å². The second-order valence-corrected chi connectivity index (χ2v) is 2.75. The number of nitrogens with zero attached hydrogens (tertiary/aromatic N) is 1. The second-order valence-electron chi connectivity index (χ2n) is 2.75. The summed E-state index contributed by atoms with van der Waals surface area (Å²) in [6.45, 7) is 0. The average molecular weight is 219 g/mol. The van der Waals surface area contributed by atoms with Crippen LogP contribution in [0, 0.1) is 5.82 Å². The van der Waals surface area contributed by atoms with Gasteiger partial charge in [-0.25, -0.2) is 13.2 Å². The number of alkyl halides is 2. The molecular weight excluding hydrogens is 211 g/mol. The number of hydrogen-bond donors (Lipinski definition) is 0. The van der Waals surface area contributed by atoms with Crippen molar-refractivity contribution < 1.29 is 22.7 Å². The molecule has 0 aliphatic carbocycles. The lowest BCUT2D eigenvalue weighted by Crippen LogP contribution is -2.09. The number of halogens is 3. The van der Waals surface area contributed by atoms with Crippen LogP contribution in [0.1, 0.15) is 17.6 Å². The van der Waals surface area contributed by atoms with E-state index in [9.17, 15) is 18.0 Å². The van der Waals surface area contributed by atoms with Crippen molar-refractivity contribution in [1.82, 2.24) is 4.98 Å². The van der Waals surface area contributed by atoms with Gasteiger partial charge >= 0.3 is 5.97 Å². The van der Waals surface area contributed by atoms with Crippen molar-refractivity contribution >= 4 is 5.97 Å². The highest BCUT2D eigenvalue weighted by Crippen LogP contribution is 2.25. The first-order valence-electron chi connectivity index (χ1n) is 4.03. The summed E-state index contributed by atoms with van der Waals surface area (Å²) in [5, 5.41) is 0. The molecule has 0 amide bonds. The van der Waals surface area contributed by atoms with Crippen molar-refractivity contribution in [1.29, 1.82) is 0 Å². The standard InChI is InChI=1S/C9H8F3NO2/c1-15-7(14)2-5-3-13-4-6(10)8(5)9(11)12/h3-4,9H,2H2,1H3. The van der Waals surface area contributed by atoms with E-state index < -0.39 is 30.2 Å². The molecule has 0 aliphatic heterocycles. The molecule has 0 saturated heterocycles. The molecule has 0 fully saturated rings. The van der Waals surface area contributed by atoms with Crippen LogP contribution in [0.3, 0.4) is 0 Å². The van der Waals surface area contributed by atoms with Crippen LogP contribution in [0.2, 0.25) is 0 Å². The zero-order chi connectivity index (χ0) is 11.4. The zero-order valence-corrected chi connectivity index (χ0v) is 7.84. The number of esters is 1. The van der Waals surface area contributed by atoms with Gasteiger partial charge < -0.3 is 4.74 Å². The summed E-state index contributed by atoms with van der Waals surface area (Å²) >= 11 is 0. The van der Waals surface area contributed by atoms with Gasteiger partial charge in [-0.3, -0.25) is 9.78 Å². The van der Waals surface area contributed by atoms with Crippen LogP contribution in [-0.2, 0) is 16.0 Å². The lowest BCUT2D eigenvalue weighted by Gasteiger charge is -2.07. The van der Waals surface area contributed by atoms with Gasteiger partial charge in [0.25, 0.3) is 6.43 Å². The Morgan fingerprint density at radius 2 is 2.20 bits per heavy atom. The number of rotatable bonds is 3. The molecule has 0 aliphatic rings. The predicted molar refractivity (Wildman–Crippen MR) is 44.9 cm³/mol. The lowest BCUT2D eigenvalue weighted by atomic mass is 10.1. The van der Waals surface area contributed by atoms with E-state index in [4.69, 9.17) is 0 Å². The molecule has 1 heterocycles. The van der Waals surface area contributed by atoms with Crippen molar-refractivity contribution in [3.63, 3.8) is 0 Å². The first-order chi connectivity index (χ1) is 7.06. The molecule has 0 saturated carbocycles. The molecule has 1 rings (SSSR count). The third-order valence-corrected chi connectivity index (χ3v) is 1.80. The summed E-state index contributed by atoms with van der Waals surface area (Å²) < 4.78 is 42.1. The molecule has 0 spiro atoms. The Balaban J connectivity index is 3.06. The first-order valence-corrected chi connectivity index (χ1v) is 4.03. The van der Waals surface area contributed by atoms with Crippen LogP contribution in [0.25, 0.3) is 0 Å². The molecule has 1 aromatic heterocycles. The summed E-state index contributed by atoms with van der Waals surface area (Å²) in [5.41, 5.74) is -0.952. The number of carbonyl (C=O) groups is 1. The molecule has 0 N–H and O–H groups in total. The van der Waals surface area contributed by atoms with Crippen molar-refractivity contribution in [3.8, 4) is 0 Å². The van der Waals surface area contributed by atoms with E-state index in [0.717, 1.165) is 13.3 Å². The molecule has 0 unspecified atom stereocenters. The fourth-order valence-electron chi connectivity index (χ4n) is 1.10. The number of hydrogen-bond acceptors (Lipinski definition) is 3. The van der Waals surface area contributed by atoms with E-state index in [1.807, 2.05) is 0 Å². The summed E-state index contributed by atoms with van der Waals surface area (Å²) in [4.78, 5) is 14.2. The van der Waals surface area contributed by atoms with Crippen LogP contribution in [0.15, 0.2) is 12.4 Å². The highest BCUT2D eigenvalue weighted by atomic mass is 19.3. The maximum absolute atomic E-state index is 13.0. The van der Waals surface area contributed by atoms with E-state index in [1.54, 1.807) is 0 Å². The molecule has 0 bridgehead atoms. The molecule has 0 radical (unpaired) electrons. The molecule has 3 nitrogen and oxygen atoms in total. The summed E-state index contributed by atoms with van der Waals surface area (Å²) in [6, 6.07) is 0. The summed E-state index contributed by atoms with van der Waals surface area (Å²) in [7, 11) is 1.12. The number of pyridine rings is 1. The molecule has 0 aromatic carbocycles. The molecule has 15 heavy (non-hydrogen) atoms. The summed E-state index contributed by atoms with van der Waals surface area (Å²) in [5.74, 6) is -1.84. The van der Waals surface area contributed by atoms with Gasteiger partial charge in [0, 0.05) is 6.20 Å². The van der Waals surface area contributed by atoms with Gasteiger partial charge in [-0.05, 0) is 5.56 Å². The topological polar surface area (TPSA) is 39.2 Å². The molecule has 6 heteroatoms. The minimum absolute atomic E-state index is 0.156. The van der Waals surface area contributed by atoms with Gasteiger partial charge in [-0.1, -0.05) is 0 Å². The van der Waals surface area contributed by atoms with Crippen LogP contribution >= 0.6 is 0 Å². The third-order valence-electron chi connectivity index (χ3n) is 1.80. The van der Waals surface area contributed by atoms with Crippen molar-refractivity contribution in [2.75, 3.05) is 7.11 Å². The third kappa shape index (κ3) is 2.68. The van der Waals surface area contributed by atoms with Gasteiger partial charge in [0.15, 0.2) is 5.82 Å². The largest absolute Gasteiger partial charge is 0.469 e. The Hall–Kier alpha value is -1.59. The van der Waals surface area contributed by atoms with Gasteiger partial charge in [0.1, 0.15) is 0 Å². The normalized spacial score (nSPS) is 10.5. The quantitative estimate of drug-likeness (QED) is 0.728. The van der Waals surface area contributed by atoms with Crippen LogP contribution in [0.4, 0.5) is 13.2 Å². The SMILES string of the molecule is COC(=O)Cc1cncc(F)c1C(F)F. The lowest BCUT2D eigenvalue weighted by molar-refractivity contribution is -0.139. The Bertz CT molecular complexity index is 368. The minimum atomic E-state index is -2.98. The smallest absolute Gasteiger partial charge is 0.310 e. The van der Waals surface area contributed by atoms with E-state index in [1.165, 1.54) is 0 Å². The monoisotopic (exact) mass is 219 g/mol. The molecule has 0 atom stereocenters. The van der Waals surface area contributed by atoms with E-state index in [2.05, 4.69) is 9.72 Å². The number of aromatic nitrogens is 1. The highest BCUT2D eigenvalue weighted by molar-refractivity contribution is 5.72. The predicted octanol–water partition coefficient (Wildman–Crippen LogP) is 1.87. The van der Waals surface area contributed by atoms with Crippen molar-refractivity contribution in [2.24, 2.45) is 0 Å². The second kappa shape index (κ2) is 4.77. The van der Waals surface area contributed by atoms with Gasteiger partial charge in [0.2, 0.25) is 0 Å². The first kappa shape index (κ1) is 11.5. The molecule has 1 aromatic rings. The Morgan fingerprint density at radius 3 is 2.73 bits per heavy atom. The summed E-state index contributed by atoms with van der Waals surface area (Å²) in [6.07, 6.45) is -1.68. The van der Waals surface area contributed by atoms with Crippen LogP contribution < -0.4 is 0 Å². The fourth-order valence-corrected chi connectivity index (χ4v) is 1.10. The number of carbonyl (C=O) groups excluding carboxylic acids is 1. The van der Waals surface area contributed by atoms with Crippen molar-refractivity contribution in [2.45, 2.75) is 12.8 Å². The fraction of sp³-hybridized carbons (Fsp3) is 0.333. The average Bonchev–Trinajstić information content (AvgIpc) is 2.17. The Kier molecular flexibility index (Phi) is 3.65. The van der Waals surface area contributed by atoms with E-state index in [-0.39, 0.29) is 5.56 Å². The van der Waals surface area contributed by atoms with Crippen molar-refractivity contribution in [3.05, 3.63) is 29.3 Å². The Morgan fingerprint density at radius 1 is 1.53 bits per heavy atom. The zero-order valence-electron chi connectivity index (χ0n) is 7.84. The van der Waals surface area contributed by atoms with Gasteiger partial charge in [0.05, 0.1) is 25.3 Å². The Labute approximate surface area is 83.9 Å². The van der Waals surface area contributed by atoms with Crippen LogP contribution in [-0.4, -0.2) is 18.1 Å². The number of methoxy groups -OCH3 is 1. The number of ether oxygens (including phenoxy) is 1. The minimum Gasteiger partial charge on any atom is -0.469 e. The maximum atomic E-state index is 13.0. The maximum Gasteiger partial charge on any atom is 0.310 e. The van der Waals surface area contributed by atoms with Gasteiger partial charge in [-0.2, -0.15) is 0 Å². The van der Waals surface area contributed by atoms with Crippen LogP contribution in [0.5, 0.6) is 0 Å². The highest BCUT2D eigenvalue weighted by Gasteiger charge is 2.20. The molecule has 82 valence electrons. The van der Waals surface area contributed by atoms with Gasteiger partial charge in [-0.15, -0.1) is 0 Å².